The van der Waals surface area contributed by atoms with Crippen LogP contribution in [0.3, 0.4) is 0 Å². The van der Waals surface area contributed by atoms with Crippen LogP contribution in [0.25, 0.3) is 0 Å². The molecule has 1 heterocycles. The van der Waals surface area contributed by atoms with E-state index in [0.717, 1.165) is 10.0 Å². The molecule has 0 amide bonds. The summed E-state index contributed by atoms with van der Waals surface area (Å²) in [4.78, 5) is 12.9. The number of tetrazole rings is 1. The van der Waals surface area contributed by atoms with Gasteiger partial charge in [0.2, 0.25) is 0 Å². The third kappa shape index (κ3) is 5.63. The van der Waals surface area contributed by atoms with Crippen molar-refractivity contribution in [2.75, 3.05) is 0 Å². The molecule has 1 aromatic carbocycles. The number of carbonyl (C=O) groups excluding carboxylic acids is 1. The van der Waals surface area contributed by atoms with E-state index in [0.29, 0.717) is 12.2 Å². The topological polar surface area (TPSA) is 80.8 Å². The summed E-state index contributed by atoms with van der Waals surface area (Å²) in [6, 6.07) is 8.04. The van der Waals surface area contributed by atoms with Crippen molar-refractivity contribution in [3.8, 4) is 0 Å². The SMILES string of the molecule is CC(C)C(C(=O)OC(C)(C)C)C(Cc1ccc(Br)cc1)c1nn[nH]n1. The highest BCUT2D eigenvalue weighted by atomic mass is 79.9. The average Bonchev–Trinajstić information content (AvgIpc) is 3.00. The van der Waals surface area contributed by atoms with Crippen molar-refractivity contribution in [3.63, 3.8) is 0 Å². The Morgan fingerprint density at radius 2 is 1.88 bits per heavy atom. The van der Waals surface area contributed by atoms with E-state index < -0.39 is 5.60 Å². The molecule has 136 valence electrons. The van der Waals surface area contributed by atoms with Gasteiger partial charge in [0.15, 0.2) is 5.82 Å². The number of benzene rings is 1. The lowest BCUT2D eigenvalue weighted by atomic mass is 9.79. The number of hydrogen-bond donors (Lipinski definition) is 1. The number of carbonyl (C=O) groups is 1. The summed E-state index contributed by atoms with van der Waals surface area (Å²) in [5.41, 5.74) is 0.566. The van der Waals surface area contributed by atoms with E-state index in [1.54, 1.807) is 0 Å². The molecule has 1 aromatic heterocycles. The van der Waals surface area contributed by atoms with Gasteiger partial charge in [-0.2, -0.15) is 5.21 Å². The summed E-state index contributed by atoms with van der Waals surface area (Å²) >= 11 is 3.44. The highest BCUT2D eigenvalue weighted by Gasteiger charge is 2.37. The van der Waals surface area contributed by atoms with Gasteiger partial charge in [0.1, 0.15) is 5.60 Å². The zero-order valence-electron chi connectivity index (χ0n) is 15.3. The van der Waals surface area contributed by atoms with E-state index in [4.69, 9.17) is 4.74 Å². The second kappa shape index (κ2) is 8.08. The Morgan fingerprint density at radius 3 is 2.36 bits per heavy atom. The van der Waals surface area contributed by atoms with Crippen LogP contribution in [0.5, 0.6) is 0 Å². The van der Waals surface area contributed by atoms with Crippen molar-refractivity contribution in [3.05, 3.63) is 40.1 Å². The van der Waals surface area contributed by atoms with Crippen molar-refractivity contribution >= 4 is 21.9 Å². The molecule has 25 heavy (non-hydrogen) atoms. The van der Waals surface area contributed by atoms with Crippen LogP contribution in [0.4, 0.5) is 0 Å². The van der Waals surface area contributed by atoms with Crippen LogP contribution < -0.4 is 0 Å². The Morgan fingerprint density at radius 1 is 1.24 bits per heavy atom. The lowest BCUT2D eigenvalue weighted by Gasteiger charge is -2.30. The molecular formula is C18H25BrN4O2. The zero-order valence-corrected chi connectivity index (χ0v) is 16.9. The summed E-state index contributed by atoms with van der Waals surface area (Å²) in [6.07, 6.45) is 0.634. The first-order valence-corrected chi connectivity index (χ1v) is 9.17. The smallest absolute Gasteiger partial charge is 0.310 e. The summed E-state index contributed by atoms with van der Waals surface area (Å²) in [5, 5.41) is 14.5. The summed E-state index contributed by atoms with van der Waals surface area (Å²) < 4.78 is 6.68. The number of rotatable bonds is 6. The molecular weight excluding hydrogens is 384 g/mol. The van der Waals surface area contributed by atoms with E-state index in [-0.39, 0.29) is 23.7 Å². The molecule has 0 bridgehead atoms. The van der Waals surface area contributed by atoms with Gasteiger partial charge in [-0.3, -0.25) is 4.79 Å². The molecule has 2 atom stereocenters. The molecule has 0 saturated carbocycles. The number of hydrogen-bond acceptors (Lipinski definition) is 5. The average molecular weight is 409 g/mol. The molecule has 7 heteroatoms. The number of halogens is 1. The monoisotopic (exact) mass is 408 g/mol. The fourth-order valence-electron chi connectivity index (χ4n) is 2.85. The minimum Gasteiger partial charge on any atom is -0.460 e. The highest BCUT2D eigenvalue weighted by Crippen LogP contribution is 2.33. The number of aromatic amines is 1. The standard InChI is InChI=1S/C18H25BrN4O2/c1-11(2)15(17(24)25-18(3,4)5)14(16-20-22-23-21-16)10-12-6-8-13(19)9-7-12/h6-9,11,14-15H,10H2,1-5H3,(H,20,21,22,23). The molecule has 0 radical (unpaired) electrons. The number of ether oxygens (including phenoxy) is 1. The quantitative estimate of drug-likeness (QED) is 0.732. The van der Waals surface area contributed by atoms with E-state index in [9.17, 15) is 4.79 Å². The predicted octanol–water partition coefficient (Wildman–Crippen LogP) is 3.90. The highest BCUT2D eigenvalue weighted by molar-refractivity contribution is 9.10. The van der Waals surface area contributed by atoms with Crippen LogP contribution in [-0.4, -0.2) is 32.2 Å². The molecule has 0 aliphatic heterocycles. The number of nitrogens with zero attached hydrogens (tertiary/aromatic N) is 3. The maximum absolute atomic E-state index is 12.9. The van der Waals surface area contributed by atoms with Gasteiger partial charge >= 0.3 is 5.97 Å². The van der Waals surface area contributed by atoms with Gasteiger partial charge < -0.3 is 4.74 Å². The van der Waals surface area contributed by atoms with Gasteiger partial charge in [-0.1, -0.05) is 47.1 Å². The second-order valence-electron chi connectivity index (χ2n) is 7.51. The van der Waals surface area contributed by atoms with Crippen LogP contribution >= 0.6 is 15.9 Å². The lowest BCUT2D eigenvalue weighted by Crippen LogP contribution is -2.35. The van der Waals surface area contributed by atoms with Crippen molar-refractivity contribution < 1.29 is 9.53 Å². The molecule has 2 rings (SSSR count). The number of H-pyrrole nitrogens is 1. The molecule has 0 aliphatic rings. The molecule has 1 N–H and O–H groups in total. The third-order valence-electron chi connectivity index (χ3n) is 3.89. The Labute approximate surface area is 156 Å². The summed E-state index contributed by atoms with van der Waals surface area (Å²) in [5.74, 6) is -0.189. The maximum Gasteiger partial charge on any atom is 0.310 e. The van der Waals surface area contributed by atoms with E-state index in [1.165, 1.54) is 0 Å². The van der Waals surface area contributed by atoms with Crippen molar-refractivity contribution in [1.29, 1.82) is 0 Å². The normalized spacial score (nSPS) is 14.4. The fourth-order valence-corrected chi connectivity index (χ4v) is 3.12. The Kier molecular flexibility index (Phi) is 6.32. The third-order valence-corrected chi connectivity index (χ3v) is 4.42. The van der Waals surface area contributed by atoms with Gasteiger partial charge in [0.25, 0.3) is 0 Å². The van der Waals surface area contributed by atoms with Crippen molar-refractivity contribution in [2.24, 2.45) is 11.8 Å². The minimum absolute atomic E-state index is 0.0776. The molecule has 6 nitrogen and oxygen atoms in total. The first-order chi connectivity index (χ1) is 11.7. The fraction of sp³-hybridized carbons (Fsp3) is 0.556. The van der Waals surface area contributed by atoms with E-state index in [2.05, 4.69) is 36.6 Å². The molecule has 2 aromatic rings. The molecule has 0 aliphatic carbocycles. The Hall–Kier alpha value is -1.76. The Balaban J connectivity index is 2.34. The van der Waals surface area contributed by atoms with Crippen LogP contribution in [-0.2, 0) is 16.0 Å². The van der Waals surface area contributed by atoms with Crippen LogP contribution in [0, 0.1) is 11.8 Å². The summed E-state index contributed by atoms with van der Waals surface area (Å²) in [7, 11) is 0. The van der Waals surface area contributed by atoms with Gasteiger partial charge in [-0.05, 0) is 50.8 Å². The van der Waals surface area contributed by atoms with Crippen LogP contribution in [0.2, 0.25) is 0 Å². The van der Waals surface area contributed by atoms with Crippen molar-refractivity contribution in [1.82, 2.24) is 20.6 Å². The molecule has 0 spiro atoms. The van der Waals surface area contributed by atoms with Gasteiger partial charge in [-0.15, -0.1) is 10.2 Å². The van der Waals surface area contributed by atoms with Crippen LogP contribution in [0.15, 0.2) is 28.7 Å². The molecule has 2 unspecified atom stereocenters. The minimum atomic E-state index is -0.538. The molecule has 0 saturated heterocycles. The number of esters is 1. The zero-order chi connectivity index (χ0) is 18.6. The van der Waals surface area contributed by atoms with Gasteiger partial charge in [-0.25, -0.2) is 0 Å². The predicted molar refractivity (Wildman–Crippen MR) is 98.9 cm³/mol. The Bertz CT molecular complexity index is 678. The first kappa shape index (κ1) is 19.6. The summed E-state index contributed by atoms with van der Waals surface area (Å²) in [6.45, 7) is 9.66. The van der Waals surface area contributed by atoms with Crippen molar-refractivity contribution in [2.45, 2.75) is 52.6 Å². The van der Waals surface area contributed by atoms with Crippen LogP contribution in [0.1, 0.15) is 51.9 Å². The number of aromatic nitrogens is 4. The maximum atomic E-state index is 12.9. The first-order valence-electron chi connectivity index (χ1n) is 8.38. The van der Waals surface area contributed by atoms with E-state index >= 15 is 0 Å². The largest absolute Gasteiger partial charge is 0.460 e. The van der Waals surface area contributed by atoms with Gasteiger partial charge in [0, 0.05) is 10.4 Å². The van der Waals surface area contributed by atoms with Gasteiger partial charge in [0.05, 0.1) is 5.92 Å². The van der Waals surface area contributed by atoms with E-state index in [1.807, 2.05) is 58.9 Å². The second-order valence-corrected chi connectivity index (χ2v) is 8.43. The number of nitrogens with one attached hydrogen (secondary N) is 1. The molecule has 0 fully saturated rings. The lowest BCUT2D eigenvalue weighted by molar-refractivity contribution is -0.162.